The number of piperidine rings is 1. The predicted molar refractivity (Wildman–Crippen MR) is 156 cm³/mol. The van der Waals surface area contributed by atoms with Crippen molar-refractivity contribution in [3.8, 4) is 0 Å². The molecule has 1 aliphatic heterocycles. The largest absolute Gasteiger partial charge is 0.462 e. The Morgan fingerprint density at radius 3 is 2.60 bits per heavy atom. The minimum Gasteiger partial charge on any atom is -0.462 e. The molecule has 40 heavy (non-hydrogen) atoms. The molecule has 3 heterocycles. The third-order valence-electron chi connectivity index (χ3n) is 6.07. The first kappa shape index (κ1) is 29.2. The lowest BCUT2D eigenvalue weighted by Crippen LogP contribution is -2.36. The van der Waals surface area contributed by atoms with Gasteiger partial charge in [0.1, 0.15) is 16.5 Å². The molecular formula is C26H33N7O5S2. The van der Waals surface area contributed by atoms with Crippen LogP contribution in [0.4, 0.5) is 28.4 Å². The minimum atomic E-state index is -3.43. The van der Waals surface area contributed by atoms with Crippen molar-refractivity contribution in [2.45, 2.75) is 52.3 Å². The number of carbonyl (C=O) groups is 2. The molecule has 3 aromatic rings. The van der Waals surface area contributed by atoms with Crippen LogP contribution < -0.4 is 20.3 Å². The molecule has 2 aromatic heterocycles. The Hall–Kier alpha value is -3.78. The van der Waals surface area contributed by atoms with Crippen LogP contribution >= 0.6 is 11.3 Å². The van der Waals surface area contributed by atoms with Crippen LogP contribution in [0.15, 0.2) is 30.3 Å². The molecule has 1 aromatic carbocycles. The predicted octanol–water partition coefficient (Wildman–Crippen LogP) is 4.09. The van der Waals surface area contributed by atoms with Crippen LogP contribution in [0.2, 0.25) is 0 Å². The maximum atomic E-state index is 12.2. The zero-order chi connectivity index (χ0) is 28.9. The van der Waals surface area contributed by atoms with Gasteiger partial charge < -0.3 is 15.0 Å². The molecule has 0 bridgehead atoms. The summed E-state index contributed by atoms with van der Waals surface area (Å²) in [6.07, 6.45) is 1.30. The van der Waals surface area contributed by atoms with Crippen molar-refractivity contribution in [3.05, 3.63) is 46.5 Å². The number of ether oxygens (including phenoxy) is 1. The smallest absolute Gasteiger partial charge is 0.350 e. The van der Waals surface area contributed by atoms with Crippen LogP contribution in [-0.2, 0) is 26.1 Å². The van der Waals surface area contributed by atoms with Crippen LogP contribution in [-0.4, -0.2) is 60.1 Å². The fraction of sp³-hybridized carbons (Fsp3) is 0.423. The van der Waals surface area contributed by atoms with Crippen LogP contribution in [0.1, 0.15) is 54.5 Å². The summed E-state index contributed by atoms with van der Waals surface area (Å²) in [7, 11) is -3.43. The molecular weight excluding hydrogens is 554 g/mol. The standard InChI is InChI=1S/C26H33N7O5S2/c1-5-38-24(35)23-17(4)28-26(39-23)31-25-29-21(13-22(30-25)33-12-6-7-20(34)15-33)27-14-18-8-10-19(11-9-18)32-40(36,37)16(2)3/h8-11,13,16,32H,5-7,12,14-15H2,1-4H3,(H2,27,28,29,30,31). The van der Waals surface area contributed by atoms with Gasteiger partial charge in [-0.25, -0.2) is 18.2 Å². The van der Waals surface area contributed by atoms with Crippen molar-refractivity contribution < 1.29 is 22.7 Å². The van der Waals surface area contributed by atoms with Gasteiger partial charge in [0.15, 0.2) is 10.9 Å². The van der Waals surface area contributed by atoms with Gasteiger partial charge in [-0.15, -0.1) is 0 Å². The van der Waals surface area contributed by atoms with E-state index in [0.717, 1.165) is 23.3 Å². The lowest BCUT2D eigenvalue weighted by atomic mass is 10.1. The molecule has 0 amide bonds. The molecule has 1 saturated heterocycles. The number of esters is 1. The molecule has 0 aliphatic carbocycles. The summed E-state index contributed by atoms with van der Waals surface area (Å²) in [6, 6.07) is 8.85. The van der Waals surface area contributed by atoms with Crippen LogP contribution in [0, 0.1) is 6.92 Å². The molecule has 1 aliphatic rings. The van der Waals surface area contributed by atoms with Crippen molar-refractivity contribution in [1.29, 1.82) is 0 Å². The maximum Gasteiger partial charge on any atom is 0.350 e. The number of sulfonamides is 1. The lowest BCUT2D eigenvalue weighted by Gasteiger charge is -2.27. The van der Waals surface area contributed by atoms with E-state index < -0.39 is 21.2 Å². The van der Waals surface area contributed by atoms with Crippen molar-refractivity contribution in [2.24, 2.45) is 0 Å². The molecule has 1 fully saturated rings. The first-order chi connectivity index (χ1) is 19.0. The average molecular weight is 588 g/mol. The van der Waals surface area contributed by atoms with Crippen LogP contribution in [0.25, 0.3) is 0 Å². The van der Waals surface area contributed by atoms with Gasteiger partial charge in [-0.05, 0) is 51.8 Å². The highest BCUT2D eigenvalue weighted by Gasteiger charge is 2.21. The van der Waals surface area contributed by atoms with Gasteiger partial charge in [-0.1, -0.05) is 23.5 Å². The fourth-order valence-electron chi connectivity index (χ4n) is 3.87. The number of aromatic nitrogens is 3. The Bertz CT molecular complexity index is 1470. The number of nitrogens with zero attached hydrogens (tertiary/aromatic N) is 4. The minimum absolute atomic E-state index is 0.150. The number of benzene rings is 1. The van der Waals surface area contributed by atoms with Gasteiger partial charge in [0.2, 0.25) is 16.0 Å². The molecule has 0 spiro atoms. The number of aryl methyl sites for hydroxylation is 1. The first-order valence-electron chi connectivity index (χ1n) is 13.0. The normalized spacial score (nSPS) is 13.8. The SMILES string of the molecule is CCOC(=O)c1sc(Nc2nc(NCc3ccc(NS(=O)(=O)C(C)C)cc3)cc(N3CCCC(=O)C3)n2)nc1C. The number of anilines is 5. The molecule has 4 rings (SSSR count). The van der Waals surface area contributed by atoms with Crippen LogP contribution in [0.5, 0.6) is 0 Å². The number of nitrogens with one attached hydrogen (secondary N) is 3. The number of hydrogen-bond acceptors (Lipinski definition) is 12. The van der Waals surface area contributed by atoms with Crippen molar-refractivity contribution in [1.82, 2.24) is 15.0 Å². The molecule has 214 valence electrons. The van der Waals surface area contributed by atoms with E-state index in [9.17, 15) is 18.0 Å². The number of carbonyl (C=O) groups excluding carboxylic acids is 2. The number of rotatable bonds is 11. The van der Waals surface area contributed by atoms with E-state index in [0.29, 0.717) is 52.5 Å². The molecule has 0 unspecified atom stereocenters. The third kappa shape index (κ3) is 7.45. The van der Waals surface area contributed by atoms with Crippen molar-refractivity contribution in [3.63, 3.8) is 0 Å². The van der Waals surface area contributed by atoms with E-state index in [1.165, 1.54) is 0 Å². The fourth-order valence-corrected chi connectivity index (χ4v) is 5.43. The second-order valence-corrected chi connectivity index (χ2v) is 12.8. The van der Waals surface area contributed by atoms with E-state index >= 15 is 0 Å². The molecule has 3 N–H and O–H groups in total. The second-order valence-electron chi connectivity index (χ2n) is 9.52. The van der Waals surface area contributed by atoms with E-state index in [1.807, 2.05) is 17.0 Å². The van der Waals surface area contributed by atoms with Gasteiger partial charge in [-0.2, -0.15) is 9.97 Å². The number of thiazole rings is 1. The maximum absolute atomic E-state index is 12.2. The molecule has 12 nitrogen and oxygen atoms in total. The zero-order valence-corrected chi connectivity index (χ0v) is 24.5. The molecule has 0 radical (unpaired) electrons. The molecule has 14 heteroatoms. The van der Waals surface area contributed by atoms with Crippen molar-refractivity contribution >= 4 is 61.5 Å². The van der Waals surface area contributed by atoms with Gasteiger partial charge in [0, 0.05) is 31.3 Å². The topological polar surface area (TPSA) is 156 Å². The van der Waals surface area contributed by atoms with Gasteiger partial charge >= 0.3 is 5.97 Å². The first-order valence-corrected chi connectivity index (χ1v) is 15.3. The van der Waals surface area contributed by atoms with Gasteiger partial charge in [0.25, 0.3) is 0 Å². The molecule has 0 atom stereocenters. The van der Waals surface area contributed by atoms with Gasteiger partial charge in [-0.3, -0.25) is 14.8 Å². The summed E-state index contributed by atoms with van der Waals surface area (Å²) in [5, 5.41) is 6.28. The number of ketones is 1. The summed E-state index contributed by atoms with van der Waals surface area (Å²) < 4.78 is 31.9. The van der Waals surface area contributed by atoms with Crippen LogP contribution in [0.3, 0.4) is 0 Å². The highest BCUT2D eigenvalue weighted by Crippen LogP contribution is 2.28. The number of Topliss-reactive ketones (excluding diaryl/α,β-unsaturated/α-hetero) is 1. The van der Waals surface area contributed by atoms with E-state index in [2.05, 4.69) is 30.3 Å². The van der Waals surface area contributed by atoms with E-state index in [1.54, 1.807) is 45.9 Å². The third-order valence-corrected chi connectivity index (χ3v) is 8.89. The van der Waals surface area contributed by atoms with Crippen molar-refractivity contribution in [2.75, 3.05) is 40.0 Å². The zero-order valence-electron chi connectivity index (χ0n) is 22.9. The number of hydrogen-bond donors (Lipinski definition) is 3. The lowest BCUT2D eigenvalue weighted by molar-refractivity contribution is -0.118. The summed E-state index contributed by atoms with van der Waals surface area (Å²) in [5.74, 6) is 1.09. The summed E-state index contributed by atoms with van der Waals surface area (Å²) in [5.41, 5.74) is 1.94. The average Bonchev–Trinajstić information content (AvgIpc) is 3.27. The Balaban J connectivity index is 1.53. The Morgan fingerprint density at radius 2 is 1.93 bits per heavy atom. The highest BCUT2D eigenvalue weighted by molar-refractivity contribution is 7.93. The Kier molecular flexibility index (Phi) is 9.20. The summed E-state index contributed by atoms with van der Waals surface area (Å²) >= 11 is 1.15. The summed E-state index contributed by atoms with van der Waals surface area (Å²) in [6.45, 7) is 8.36. The molecule has 0 saturated carbocycles. The second kappa shape index (κ2) is 12.6. The summed E-state index contributed by atoms with van der Waals surface area (Å²) in [4.78, 5) is 40.3. The van der Waals surface area contributed by atoms with Gasteiger partial charge in [0.05, 0.1) is 24.1 Å². The van der Waals surface area contributed by atoms with E-state index in [4.69, 9.17) is 4.74 Å². The highest BCUT2D eigenvalue weighted by atomic mass is 32.2. The Morgan fingerprint density at radius 1 is 1.18 bits per heavy atom. The Labute approximate surface area is 237 Å². The quantitative estimate of drug-likeness (QED) is 0.278. The monoisotopic (exact) mass is 587 g/mol. The van der Waals surface area contributed by atoms with E-state index in [-0.39, 0.29) is 24.9 Å².